The van der Waals surface area contributed by atoms with Crippen LogP contribution in [0.2, 0.25) is 0 Å². The highest BCUT2D eigenvalue weighted by Crippen LogP contribution is 2.38. The van der Waals surface area contributed by atoms with Gasteiger partial charge in [0.05, 0.1) is 16.7 Å². The molecule has 0 aliphatic rings. The molecule has 0 fully saturated rings. The van der Waals surface area contributed by atoms with Crippen molar-refractivity contribution in [3.8, 4) is 5.75 Å². The van der Waals surface area contributed by atoms with Crippen LogP contribution in [0.3, 0.4) is 0 Å². The molecule has 0 aromatic carbocycles. The summed E-state index contributed by atoms with van der Waals surface area (Å²) in [4.78, 5) is 11.7. The molecule has 5 nitrogen and oxygen atoms in total. The Balaban J connectivity index is 3.42. The van der Waals surface area contributed by atoms with Gasteiger partial charge in [0.25, 0.3) is 0 Å². The van der Waals surface area contributed by atoms with Crippen LogP contribution in [-0.4, -0.2) is 16.3 Å². The normalized spacial score (nSPS) is 12.4. The van der Waals surface area contributed by atoms with E-state index >= 15 is 0 Å². The summed E-state index contributed by atoms with van der Waals surface area (Å²) in [7, 11) is 0. The highest BCUT2D eigenvalue weighted by atomic mass is 19.4. The van der Waals surface area contributed by atoms with E-state index in [2.05, 4.69) is 9.72 Å². The number of pyridine rings is 1. The lowest BCUT2D eigenvalue weighted by molar-refractivity contribution is -0.388. The van der Waals surface area contributed by atoms with Crippen LogP contribution in [-0.2, 0) is 6.18 Å². The molecule has 19 heavy (non-hydrogen) atoms. The van der Waals surface area contributed by atoms with Crippen molar-refractivity contribution < 1.29 is 36.0 Å². The Morgan fingerprint density at radius 2 is 1.79 bits per heavy atom. The number of hydrogen-bond acceptors (Lipinski definition) is 4. The molecule has 0 N–H and O–H groups in total. The second-order valence-electron chi connectivity index (χ2n) is 3.24. The summed E-state index contributed by atoms with van der Waals surface area (Å²) in [6, 6.07) is 0.0403. The molecule has 1 aromatic rings. The summed E-state index contributed by atoms with van der Waals surface area (Å²) in [5.41, 5.74) is -4.27. The maximum Gasteiger partial charge on any atom is 0.573 e. The monoisotopic (exact) mass is 290 g/mol. The van der Waals surface area contributed by atoms with E-state index in [1.807, 2.05) is 0 Å². The van der Waals surface area contributed by atoms with Crippen molar-refractivity contribution in [2.45, 2.75) is 19.5 Å². The number of ether oxygens (including phenoxy) is 1. The average Bonchev–Trinajstić information content (AvgIpc) is 2.16. The van der Waals surface area contributed by atoms with Gasteiger partial charge in [-0.1, -0.05) is 0 Å². The van der Waals surface area contributed by atoms with Gasteiger partial charge in [0.1, 0.15) is 0 Å². The topological polar surface area (TPSA) is 65.3 Å². The Labute approximate surface area is 101 Å². The Bertz CT molecular complexity index is 510. The van der Waals surface area contributed by atoms with Gasteiger partial charge in [-0.05, 0) is 6.92 Å². The van der Waals surface area contributed by atoms with E-state index in [9.17, 15) is 36.5 Å². The smallest absolute Gasteiger partial charge is 0.404 e. The van der Waals surface area contributed by atoms with Crippen molar-refractivity contribution in [3.63, 3.8) is 0 Å². The summed E-state index contributed by atoms with van der Waals surface area (Å²) in [6.07, 6.45) is -10.4. The van der Waals surface area contributed by atoms with Gasteiger partial charge in [-0.15, -0.1) is 13.2 Å². The van der Waals surface area contributed by atoms with E-state index < -0.39 is 40.3 Å². The van der Waals surface area contributed by atoms with E-state index in [-0.39, 0.29) is 6.07 Å². The van der Waals surface area contributed by atoms with E-state index in [1.54, 1.807) is 0 Å². The van der Waals surface area contributed by atoms with Crippen LogP contribution >= 0.6 is 0 Å². The summed E-state index contributed by atoms with van der Waals surface area (Å²) < 4.78 is 76.5. The largest absolute Gasteiger partial charge is 0.573 e. The van der Waals surface area contributed by atoms with E-state index in [4.69, 9.17) is 0 Å². The van der Waals surface area contributed by atoms with Gasteiger partial charge in [0.15, 0.2) is 5.75 Å². The minimum atomic E-state index is -5.19. The van der Waals surface area contributed by atoms with Crippen LogP contribution in [0, 0.1) is 17.0 Å². The standard InChI is InChI=1S/C8H4F6N2O3/c1-3-5(19-8(12,13)14)2-4(16(17)18)6(15-3)7(9,10)11/h2H,1H3. The summed E-state index contributed by atoms with van der Waals surface area (Å²) in [5, 5.41) is 10.4. The van der Waals surface area contributed by atoms with Crippen LogP contribution in [0.1, 0.15) is 11.4 Å². The number of aromatic nitrogens is 1. The van der Waals surface area contributed by atoms with Gasteiger partial charge in [0.2, 0.25) is 5.69 Å². The molecule has 1 aromatic heterocycles. The zero-order valence-electron chi connectivity index (χ0n) is 8.96. The second-order valence-corrected chi connectivity index (χ2v) is 3.24. The van der Waals surface area contributed by atoms with Gasteiger partial charge < -0.3 is 4.74 Å². The molecule has 0 atom stereocenters. The first-order valence-electron chi connectivity index (χ1n) is 4.41. The van der Waals surface area contributed by atoms with Crippen LogP contribution in [0.25, 0.3) is 0 Å². The predicted molar refractivity (Wildman–Crippen MR) is 47.3 cm³/mol. The first-order chi connectivity index (χ1) is 8.42. The van der Waals surface area contributed by atoms with Gasteiger partial charge in [0, 0.05) is 0 Å². The lowest BCUT2D eigenvalue weighted by atomic mass is 10.2. The number of halogens is 6. The van der Waals surface area contributed by atoms with Gasteiger partial charge in [-0.25, -0.2) is 4.98 Å². The van der Waals surface area contributed by atoms with Crippen molar-refractivity contribution >= 4 is 5.69 Å². The molecule has 0 amide bonds. The number of nitrogens with zero attached hydrogens (tertiary/aromatic N) is 2. The van der Waals surface area contributed by atoms with Crippen molar-refractivity contribution in [1.29, 1.82) is 0 Å². The molecule has 0 saturated heterocycles. The van der Waals surface area contributed by atoms with Crippen LogP contribution in [0.4, 0.5) is 32.0 Å². The highest BCUT2D eigenvalue weighted by molar-refractivity contribution is 5.45. The molecule has 0 aliphatic carbocycles. The summed E-state index contributed by atoms with van der Waals surface area (Å²) >= 11 is 0. The quantitative estimate of drug-likeness (QED) is 0.476. The molecule has 0 aliphatic heterocycles. The maximum absolute atomic E-state index is 12.4. The third-order valence-corrected chi connectivity index (χ3v) is 1.84. The molecule has 0 saturated carbocycles. The van der Waals surface area contributed by atoms with Crippen molar-refractivity contribution in [1.82, 2.24) is 4.98 Å². The Hall–Kier alpha value is -2.07. The Morgan fingerprint density at radius 1 is 1.26 bits per heavy atom. The Kier molecular flexibility index (Phi) is 3.59. The molecule has 0 radical (unpaired) electrons. The van der Waals surface area contributed by atoms with Gasteiger partial charge in [-0.2, -0.15) is 13.2 Å². The lowest BCUT2D eigenvalue weighted by Crippen LogP contribution is -2.19. The molecule has 1 rings (SSSR count). The van der Waals surface area contributed by atoms with Gasteiger partial charge in [-0.3, -0.25) is 10.1 Å². The predicted octanol–water partition coefficient (Wildman–Crippen LogP) is 3.22. The lowest BCUT2D eigenvalue weighted by Gasteiger charge is -2.13. The molecule has 106 valence electrons. The fourth-order valence-corrected chi connectivity index (χ4v) is 1.15. The molecular formula is C8H4F6N2O3. The zero-order chi connectivity index (χ0) is 15.0. The van der Waals surface area contributed by atoms with Crippen molar-refractivity contribution in [3.05, 3.63) is 27.6 Å². The van der Waals surface area contributed by atoms with E-state index in [0.717, 1.165) is 6.92 Å². The highest BCUT2D eigenvalue weighted by Gasteiger charge is 2.42. The summed E-state index contributed by atoms with van der Waals surface area (Å²) in [5.74, 6) is -1.16. The first-order valence-corrected chi connectivity index (χ1v) is 4.41. The molecule has 11 heteroatoms. The number of hydrogen-bond donors (Lipinski definition) is 0. The molecule has 0 spiro atoms. The van der Waals surface area contributed by atoms with Crippen LogP contribution in [0.15, 0.2) is 6.07 Å². The molecule has 0 bridgehead atoms. The van der Waals surface area contributed by atoms with Gasteiger partial charge >= 0.3 is 18.2 Å². The number of aryl methyl sites for hydroxylation is 1. The minimum Gasteiger partial charge on any atom is -0.404 e. The zero-order valence-corrected chi connectivity index (χ0v) is 8.96. The Morgan fingerprint density at radius 3 is 2.16 bits per heavy atom. The van der Waals surface area contributed by atoms with E-state index in [0.29, 0.717) is 0 Å². The minimum absolute atomic E-state index is 0.0403. The average molecular weight is 290 g/mol. The third-order valence-electron chi connectivity index (χ3n) is 1.84. The number of alkyl halides is 6. The number of rotatable bonds is 2. The molecule has 0 unspecified atom stereocenters. The molecule has 1 heterocycles. The first kappa shape index (κ1) is 15.0. The SMILES string of the molecule is Cc1nc(C(F)(F)F)c([N+](=O)[O-])cc1OC(F)(F)F. The van der Waals surface area contributed by atoms with E-state index in [1.165, 1.54) is 0 Å². The van der Waals surface area contributed by atoms with Crippen LogP contribution in [0.5, 0.6) is 5.75 Å². The fourth-order valence-electron chi connectivity index (χ4n) is 1.15. The fraction of sp³-hybridized carbons (Fsp3) is 0.375. The second kappa shape index (κ2) is 4.55. The summed E-state index contributed by atoms with van der Waals surface area (Å²) in [6.45, 7) is 0.806. The van der Waals surface area contributed by atoms with Crippen molar-refractivity contribution in [2.75, 3.05) is 0 Å². The third kappa shape index (κ3) is 3.69. The number of nitro groups is 1. The van der Waals surface area contributed by atoms with Crippen LogP contribution < -0.4 is 4.74 Å². The maximum atomic E-state index is 12.4. The van der Waals surface area contributed by atoms with Crippen molar-refractivity contribution in [2.24, 2.45) is 0 Å². The molecular weight excluding hydrogens is 286 g/mol.